The maximum Gasteiger partial charge on any atom is 0.226 e. The van der Waals surface area contributed by atoms with Crippen LogP contribution < -0.4 is 15.4 Å². The Morgan fingerprint density at radius 2 is 1.60 bits per heavy atom. The van der Waals surface area contributed by atoms with Crippen molar-refractivity contribution < 1.29 is 18.6 Å². The Bertz CT molecular complexity index is 1810. The van der Waals surface area contributed by atoms with Crippen molar-refractivity contribution in [1.82, 2.24) is 34.0 Å². The third-order valence-corrected chi connectivity index (χ3v) is 8.85. The second-order valence-corrected chi connectivity index (χ2v) is 13.3. The SMILES string of the molecule is Cc1cnn([C@H]2C[C@@H](n3cnc4c(NCC(c5ccccc5)c5ccccc5)nc(NCCNS(C)(=O)=O)nc43)[C@H](O)[C@@H]2O)c1. The highest BCUT2D eigenvalue weighted by molar-refractivity contribution is 7.88. The van der Waals surface area contributed by atoms with Crippen LogP contribution in [0.5, 0.6) is 0 Å². The molecule has 3 heterocycles. The molecule has 0 aliphatic heterocycles. The molecular formula is C31H37N9O4S. The Morgan fingerprint density at radius 1 is 0.933 bits per heavy atom. The van der Waals surface area contributed by atoms with Gasteiger partial charge in [-0.25, -0.2) is 18.1 Å². The first-order valence-electron chi connectivity index (χ1n) is 14.8. The molecule has 0 radical (unpaired) electrons. The Hall–Kier alpha value is -4.37. The van der Waals surface area contributed by atoms with Gasteiger partial charge in [-0.1, -0.05) is 60.7 Å². The van der Waals surface area contributed by atoms with Crippen molar-refractivity contribution in [3.05, 3.63) is 96.1 Å². The zero-order chi connectivity index (χ0) is 31.6. The van der Waals surface area contributed by atoms with E-state index in [0.717, 1.165) is 22.9 Å². The van der Waals surface area contributed by atoms with Gasteiger partial charge >= 0.3 is 0 Å². The number of rotatable bonds is 12. The highest BCUT2D eigenvalue weighted by Crippen LogP contribution is 2.40. The zero-order valence-electron chi connectivity index (χ0n) is 25.0. The second-order valence-electron chi connectivity index (χ2n) is 11.4. The minimum Gasteiger partial charge on any atom is -0.388 e. The monoisotopic (exact) mass is 631 g/mol. The quantitative estimate of drug-likeness (QED) is 0.129. The smallest absolute Gasteiger partial charge is 0.226 e. The summed E-state index contributed by atoms with van der Waals surface area (Å²) < 4.78 is 29.0. The number of nitrogens with one attached hydrogen (secondary N) is 3. The zero-order valence-corrected chi connectivity index (χ0v) is 25.8. The van der Waals surface area contributed by atoms with Crippen LogP contribution in [0.15, 0.2) is 79.4 Å². The van der Waals surface area contributed by atoms with E-state index in [1.807, 2.05) is 49.5 Å². The summed E-state index contributed by atoms with van der Waals surface area (Å²) in [4.78, 5) is 14.1. The van der Waals surface area contributed by atoms with Crippen molar-refractivity contribution in [1.29, 1.82) is 0 Å². The molecule has 4 atom stereocenters. The van der Waals surface area contributed by atoms with Gasteiger partial charge in [0.25, 0.3) is 0 Å². The number of nitrogens with zero attached hydrogens (tertiary/aromatic N) is 6. The number of aliphatic hydroxyl groups is 2. The van der Waals surface area contributed by atoms with Gasteiger partial charge in [0.05, 0.1) is 30.9 Å². The molecule has 0 amide bonds. The molecule has 1 aliphatic carbocycles. The molecule has 1 aliphatic rings. The Kier molecular flexibility index (Phi) is 8.81. The van der Waals surface area contributed by atoms with Crippen molar-refractivity contribution in [3.8, 4) is 0 Å². The molecule has 0 spiro atoms. The van der Waals surface area contributed by atoms with Gasteiger partial charge < -0.3 is 25.4 Å². The lowest BCUT2D eigenvalue weighted by atomic mass is 9.91. The summed E-state index contributed by atoms with van der Waals surface area (Å²) in [5.74, 6) is 0.770. The summed E-state index contributed by atoms with van der Waals surface area (Å²) in [5.41, 5.74) is 4.22. The summed E-state index contributed by atoms with van der Waals surface area (Å²) >= 11 is 0. The van der Waals surface area contributed by atoms with E-state index in [1.165, 1.54) is 0 Å². The topological polar surface area (TPSA) is 172 Å². The Morgan fingerprint density at radius 3 is 2.22 bits per heavy atom. The molecule has 0 unspecified atom stereocenters. The van der Waals surface area contributed by atoms with Gasteiger partial charge in [0.2, 0.25) is 16.0 Å². The Balaban J connectivity index is 1.33. The molecule has 2 aromatic carbocycles. The van der Waals surface area contributed by atoms with E-state index in [4.69, 9.17) is 9.97 Å². The molecular weight excluding hydrogens is 594 g/mol. The van der Waals surface area contributed by atoms with Crippen LogP contribution in [0.4, 0.5) is 11.8 Å². The van der Waals surface area contributed by atoms with Crippen molar-refractivity contribution in [2.75, 3.05) is 36.5 Å². The standard InChI is InChI=1S/C31H37N9O4S/c1-20-16-35-40(18-20)25-15-24(27(41)28(25)42)39-19-34-26-29(37-31(38-30(26)39)32-13-14-36-45(2,43)44)33-17-23(21-9-5-3-6-10-21)22-11-7-4-8-12-22/h3-12,16,18-19,23-25,27-28,36,41-42H,13-15,17H2,1-2H3,(H2,32,33,37,38)/t24-,25+,27+,28-/m1/s1. The van der Waals surface area contributed by atoms with Crippen LogP contribution in [0.2, 0.25) is 0 Å². The first-order chi connectivity index (χ1) is 21.7. The second kappa shape index (κ2) is 12.9. The van der Waals surface area contributed by atoms with Crippen LogP contribution >= 0.6 is 0 Å². The van der Waals surface area contributed by atoms with E-state index in [1.54, 1.807) is 21.8 Å². The fourth-order valence-corrected chi connectivity index (χ4v) is 6.38. The van der Waals surface area contributed by atoms with Crippen LogP contribution in [0, 0.1) is 6.92 Å². The molecule has 3 aromatic heterocycles. The summed E-state index contributed by atoms with van der Waals surface area (Å²) in [6.45, 7) is 2.82. The number of aryl methyl sites for hydroxylation is 1. The molecule has 45 heavy (non-hydrogen) atoms. The fourth-order valence-electron chi connectivity index (χ4n) is 5.91. The van der Waals surface area contributed by atoms with Crippen LogP contribution in [-0.4, -0.2) is 86.0 Å². The number of hydrogen-bond acceptors (Lipinski definition) is 10. The number of benzene rings is 2. The first kappa shape index (κ1) is 30.6. The minimum atomic E-state index is -3.36. The molecule has 236 valence electrons. The average molecular weight is 632 g/mol. The van der Waals surface area contributed by atoms with Gasteiger partial charge in [0, 0.05) is 31.7 Å². The van der Waals surface area contributed by atoms with E-state index in [2.05, 4.69) is 49.7 Å². The van der Waals surface area contributed by atoms with Gasteiger partial charge in [0.1, 0.15) is 12.2 Å². The molecule has 13 nitrogen and oxygen atoms in total. The number of sulfonamides is 1. The summed E-state index contributed by atoms with van der Waals surface area (Å²) in [6, 6.07) is 19.5. The predicted octanol–water partition coefficient (Wildman–Crippen LogP) is 2.44. The molecule has 0 bridgehead atoms. The van der Waals surface area contributed by atoms with Crippen molar-refractivity contribution >= 4 is 33.0 Å². The van der Waals surface area contributed by atoms with E-state index in [9.17, 15) is 18.6 Å². The van der Waals surface area contributed by atoms with Gasteiger partial charge in [-0.2, -0.15) is 15.1 Å². The Labute approximate surface area is 261 Å². The van der Waals surface area contributed by atoms with E-state index < -0.39 is 34.3 Å². The number of aromatic nitrogens is 6. The number of imidazole rings is 1. The van der Waals surface area contributed by atoms with Crippen LogP contribution in [0.3, 0.4) is 0 Å². The minimum absolute atomic E-state index is 0.0139. The lowest BCUT2D eigenvalue weighted by Gasteiger charge is -2.20. The maximum absolute atomic E-state index is 11.6. The molecule has 1 saturated carbocycles. The third kappa shape index (κ3) is 6.83. The van der Waals surface area contributed by atoms with E-state index in [0.29, 0.717) is 29.9 Å². The van der Waals surface area contributed by atoms with E-state index >= 15 is 0 Å². The largest absolute Gasteiger partial charge is 0.388 e. The molecule has 5 N–H and O–H groups in total. The summed E-state index contributed by atoms with van der Waals surface area (Å²) in [7, 11) is -3.36. The van der Waals surface area contributed by atoms with Gasteiger partial charge in [0.15, 0.2) is 17.0 Å². The predicted molar refractivity (Wildman–Crippen MR) is 172 cm³/mol. The number of aliphatic hydroxyl groups excluding tert-OH is 2. The van der Waals surface area contributed by atoms with Crippen LogP contribution in [-0.2, 0) is 10.0 Å². The lowest BCUT2D eigenvalue weighted by molar-refractivity contribution is 0.00722. The first-order valence-corrected chi connectivity index (χ1v) is 16.7. The molecule has 1 fully saturated rings. The molecule has 5 aromatic rings. The molecule has 0 saturated heterocycles. The van der Waals surface area contributed by atoms with Gasteiger partial charge in [-0.3, -0.25) is 4.68 Å². The molecule has 6 rings (SSSR count). The number of hydrogen-bond donors (Lipinski definition) is 5. The van der Waals surface area contributed by atoms with Gasteiger partial charge in [-0.05, 0) is 30.0 Å². The van der Waals surface area contributed by atoms with Crippen LogP contribution in [0.25, 0.3) is 11.2 Å². The fraction of sp³-hybridized carbons (Fsp3) is 0.355. The highest BCUT2D eigenvalue weighted by Gasteiger charge is 2.44. The summed E-state index contributed by atoms with van der Waals surface area (Å²) in [6.07, 6.45) is 4.57. The lowest BCUT2D eigenvalue weighted by Crippen LogP contribution is -2.30. The van der Waals surface area contributed by atoms with Crippen molar-refractivity contribution in [2.45, 2.75) is 43.6 Å². The normalized spacial score (nSPS) is 20.2. The van der Waals surface area contributed by atoms with Crippen molar-refractivity contribution in [2.24, 2.45) is 0 Å². The number of anilines is 2. The van der Waals surface area contributed by atoms with Gasteiger partial charge in [-0.15, -0.1) is 0 Å². The summed E-state index contributed by atoms with van der Waals surface area (Å²) in [5, 5.41) is 33.1. The number of fused-ring (bicyclic) bond motifs is 1. The third-order valence-electron chi connectivity index (χ3n) is 8.12. The maximum atomic E-state index is 11.6. The van der Waals surface area contributed by atoms with Crippen LogP contribution in [0.1, 0.15) is 41.1 Å². The molecule has 14 heteroatoms. The van der Waals surface area contributed by atoms with Crippen molar-refractivity contribution in [3.63, 3.8) is 0 Å². The average Bonchev–Trinajstić information content (AvgIpc) is 3.73. The van der Waals surface area contributed by atoms with E-state index in [-0.39, 0.29) is 25.0 Å². The highest BCUT2D eigenvalue weighted by atomic mass is 32.2.